The van der Waals surface area contributed by atoms with Gasteiger partial charge in [-0.2, -0.15) is 0 Å². The molecule has 0 fully saturated rings. The normalized spacial score (nSPS) is 14.9. The van der Waals surface area contributed by atoms with Gasteiger partial charge >= 0.3 is 0 Å². The zero-order valence-corrected chi connectivity index (χ0v) is 19.2. The van der Waals surface area contributed by atoms with Gasteiger partial charge in [0.25, 0.3) is 0 Å². The Morgan fingerprint density at radius 3 is 2.43 bits per heavy atom. The molecule has 9 rings (SSSR count). The Kier molecular flexibility index (Phi) is 3.24. The number of anilines is 3. The Balaban J connectivity index is 1.28. The molecule has 0 unspecified atom stereocenters. The molecule has 2 aromatic heterocycles. The summed E-state index contributed by atoms with van der Waals surface area (Å²) in [6, 6.07) is 22.7. The van der Waals surface area contributed by atoms with Crippen LogP contribution in [0.15, 0.2) is 79.3 Å². The predicted octanol–water partition coefficient (Wildman–Crippen LogP) is 6.90. The Morgan fingerprint density at radius 2 is 1.43 bits per heavy atom. The average molecular weight is 448 g/mol. The SMILES string of the molecule is c1ccc2c(c1)Cc1ccc3c(c1-2)Cc1c-3ccc2c1Cc1nccc3c1N2c1cnccc1C3. The maximum atomic E-state index is 4.88. The van der Waals surface area contributed by atoms with Crippen LogP contribution in [0.1, 0.15) is 44.6 Å². The van der Waals surface area contributed by atoms with E-state index < -0.39 is 0 Å². The molecule has 35 heavy (non-hydrogen) atoms. The van der Waals surface area contributed by atoms with Gasteiger partial charge in [-0.15, -0.1) is 0 Å². The van der Waals surface area contributed by atoms with Crippen molar-refractivity contribution >= 4 is 17.1 Å². The van der Waals surface area contributed by atoms with Crippen molar-refractivity contribution < 1.29 is 0 Å². The second kappa shape index (κ2) is 6.25. The lowest BCUT2D eigenvalue weighted by Crippen LogP contribution is -2.26. The van der Waals surface area contributed by atoms with Gasteiger partial charge in [-0.05, 0) is 92.2 Å². The summed E-state index contributed by atoms with van der Waals surface area (Å²) in [5, 5.41) is 0. The Hall–Kier alpha value is -4.24. The van der Waals surface area contributed by atoms with Gasteiger partial charge in [-0.25, -0.2) is 0 Å². The van der Waals surface area contributed by atoms with Crippen molar-refractivity contribution in [2.24, 2.45) is 0 Å². The summed E-state index contributed by atoms with van der Waals surface area (Å²) in [7, 11) is 0. The van der Waals surface area contributed by atoms with Crippen molar-refractivity contribution in [2.45, 2.75) is 25.7 Å². The van der Waals surface area contributed by atoms with E-state index in [-0.39, 0.29) is 0 Å². The molecular formula is C32H21N3. The van der Waals surface area contributed by atoms with E-state index in [9.17, 15) is 0 Å². The molecule has 5 aromatic rings. The zero-order valence-electron chi connectivity index (χ0n) is 19.2. The molecule has 0 radical (unpaired) electrons. The molecule has 3 aromatic carbocycles. The Labute approximate surface area is 203 Å². The summed E-state index contributed by atoms with van der Waals surface area (Å²) >= 11 is 0. The van der Waals surface area contributed by atoms with Crippen LogP contribution in [0.3, 0.4) is 0 Å². The molecule has 3 nitrogen and oxygen atoms in total. The van der Waals surface area contributed by atoms with Gasteiger partial charge in [0.15, 0.2) is 0 Å². The topological polar surface area (TPSA) is 29.0 Å². The van der Waals surface area contributed by atoms with Crippen LogP contribution in [0.5, 0.6) is 0 Å². The zero-order chi connectivity index (χ0) is 22.7. The van der Waals surface area contributed by atoms with E-state index >= 15 is 0 Å². The van der Waals surface area contributed by atoms with Crippen molar-refractivity contribution in [1.82, 2.24) is 9.97 Å². The second-order valence-electron chi connectivity index (χ2n) is 10.2. The summed E-state index contributed by atoms with van der Waals surface area (Å²) in [6.45, 7) is 0. The van der Waals surface area contributed by atoms with Crippen LogP contribution in [-0.2, 0) is 25.7 Å². The molecule has 4 heterocycles. The van der Waals surface area contributed by atoms with Crippen molar-refractivity contribution in [2.75, 3.05) is 4.90 Å². The molecule has 4 aliphatic rings. The lowest BCUT2D eigenvalue weighted by atomic mass is 9.87. The summed E-state index contributed by atoms with van der Waals surface area (Å²) in [5.41, 5.74) is 20.7. The van der Waals surface area contributed by atoms with Crippen molar-refractivity contribution in [3.63, 3.8) is 0 Å². The van der Waals surface area contributed by atoms with Gasteiger partial charge in [0, 0.05) is 25.2 Å². The molecule has 0 amide bonds. The smallest absolute Gasteiger partial charge is 0.0716 e. The highest BCUT2D eigenvalue weighted by Crippen LogP contribution is 2.54. The minimum absolute atomic E-state index is 0.889. The number of fused-ring (bicyclic) bond motifs is 12. The maximum absolute atomic E-state index is 4.88. The predicted molar refractivity (Wildman–Crippen MR) is 139 cm³/mol. The van der Waals surface area contributed by atoms with Crippen LogP contribution in [-0.4, -0.2) is 9.97 Å². The van der Waals surface area contributed by atoms with E-state index in [1.165, 1.54) is 84.0 Å². The molecule has 164 valence electrons. The highest BCUT2D eigenvalue weighted by atomic mass is 15.2. The van der Waals surface area contributed by atoms with Crippen LogP contribution in [0.2, 0.25) is 0 Å². The van der Waals surface area contributed by atoms with Gasteiger partial charge in [0.05, 0.1) is 29.0 Å². The monoisotopic (exact) mass is 447 g/mol. The largest absolute Gasteiger partial charge is 0.306 e. The molecule has 0 spiro atoms. The lowest BCUT2D eigenvalue weighted by Gasteiger charge is -2.39. The quantitative estimate of drug-likeness (QED) is 0.253. The molecule has 2 aliphatic carbocycles. The van der Waals surface area contributed by atoms with Gasteiger partial charge in [-0.1, -0.05) is 42.5 Å². The number of pyridine rings is 2. The fourth-order valence-electron chi connectivity index (χ4n) is 7.05. The fraction of sp³-hybridized carbons (Fsp3) is 0.125. The van der Waals surface area contributed by atoms with Crippen LogP contribution in [0.4, 0.5) is 17.1 Å². The first kappa shape index (κ1) is 18.1. The Bertz CT molecular complexity index is 1760. The number of hydrogen-bond acceptors (Lipinski definition) is 3. The summed E-state index contributed by atoms with van der Waals surface area (Å²) < 4.78 is 0. The molecule has 3 heteroatoms. The first-order chi connectivity index (χ1) is 17.3. The standard InChI is InChI=1S/C32H21N3/c1-2-4-22-18(3-1)13-20-5-6-24-23-7-8-29-26(25(23)15-27(24)31(20)22)16-28-32-21(10-12-34-28)14-19-9-11-33-17-30(19)35(29)32/h1-12,17H,13-16H2. The van der Waals surface area contributed by atoms with E-state index in [4.69, 9.17) is 4.98 Å². The number of rotatable bonds is 0. The minimum atomic E-state index is 0.889. The highest BCUT2D eigenvalue weighted by Gasteiger charge is 2.36. The van der Waals surface area contributed by atoms with Gasteiger partial charge in [0.1, 0.15) is 0 Å². The van der Waals surface area contributed by atoms with Crippen molar-refractivity contribution in [3.8, 4) is 22.3 Å². The molecule has 2 aliphatic heterocycles. The first-order valence-corrected chi connectivity index (χ1v) is 12.4. The highest BCUT2D eigenvalue weighted by molar-refractivity contribution is 5.94. The third-order valence-corrected chi connectivity index (χ3v) is 8.52. The van der Waals surface area contributed by atoms with E-state index in [2.05, 4.69) is 70.5 Å². The van der Waals surface area contributed by atoms with Crippen molar-refractivity contribution in [3.05, 3.63) is 124 Å². The number of nitrogens with zero attached hydrogens (tertiary/aromatic N) is 3. The Morgan fingerprint density at radius 1 is 0.571 bits per heavy atom. The number of hydrogen-bond donors (Lipinski definition) is 0. The first-order valence-electron chi connectivity index (χ1n) is 12.4. The summed E-state index contributed by atoms with van der Waals surface area (Å²) in [5.74, 6) is 0. The van der Waals surface area contributed by atoms with Crippen molar-refractivity contribution in [1.29, 1.82) is 0 Å². The average Bonchev–Trinajstić information content (AvgIpc) is 3.47. The lowest BCUT2D eigenvalue weighted by molar-refractivity contribution is 0.944. The van der Waals surface area contributed by atoms with E-state index in [1.54, 1.807) is 0 Å². The van der Waals surface area contributed by atoms with Gasteiger partial charge in [-0.3, -0.25) is 9.97 Å². The summed E-state index contributed by atoms with van der Waals surface area (Å²) in [6.07, 6.45) is 9.80. The molecule has 0 atom stereocenters. The molecule has 0 bridgehead atoms. The van der Waals surface area contributed by atoms with Crippen LogP contribution < -0.4 is 4.90 Å². The number of aromatic nitrogens is 2. The number of benzene rings is 3. The maximum Gasteiger partial charge on any atom is 0.0716 e. The third-order valence-electron chi connectivity index (χ3n) is 8.52. The molecular weight excluding hydrogens is 426 g/mol. The van der Waals surface area contributed by atoms with E-state index in [1.807, 2.05) is 18.6 Å². The molecule has 0 saturated heterocycles. The molecule has 0 saturated carbocycles. The molecule has 0 N–H and O–H groups in total. The second-order valence-corrected chi connectivity index (χ2v) is 10.2. The third kappa shape index (κ3) is 2.21. The van der Waals surface area contributed by atoms with E-state index in [0.29, 0.717) is 0 Å². The fourth-order valence-corrected chi connectivity index (χ4v) is 7.05. The van der Waals surface area contributed by atoms with Gasteiger partial charge < -0.3 is 4.90 Å². The van der Waals surface area contributed by atoms with E-state index in [0.717, 1.165) is 25.7 Å². The van der Waals surface area contributed by atoms with Crippen LogP contribution in [0.25, 0.3) is 22.3 Å². The van der Waals surface area contributed by atoms with Crippen LogP contribution in [0, 0.1) is 0 Å². The van der Waals surface area contributed by atoms with Crippen LogP contribution >= 0.6 is 0 Å². The summed E-state index contributed by atoms with van der Waals surface area (Å²) in [4.78, 5) is 11.8. The minimum Gasteiger partial charge on any atom is -0.306 e. The van der Waals surface area contributed by atoms with Gasteiger partial charge in [0.2, 0.25) is 0 Å².